The summed E-state index contributed by atoms with van der Waals surface area (Å²) in [5.41, 5.74) is 4.83. The van der Waals surface area contributed by atoms with Crippen LogP contribution in [-0.2, 0) is 4.79 Å². The predicted octanol–water partition coefficient (Wildman–Crippen LogP) is 5.09. The smallest absolute Gasteiger partial charge is 0.185 e. The number of allylic oxidation sites excluding steroid dienone is 2. The number of benzene rings is 1. The highest BCUT2D eigenvalue weighted by Gasteiger charge is 2.28. The molecule has 4 rings (SSSR count). The number of aromatic nitrogens is 2. The van der Waals surface area contributed by atoms with Crippen molar-refractivity contribution in [3.05, 3.63) is 107 Å². The maximum absolute atomic E-state index is 13.1. The molecule has 0 radical (unpaired) electrons. The lowest BCUT2D eigenvalue weighted by atomic mass is 9.77. The van der Waals surface area contributed by atoms with E-state index in [1.807, 2.05) is 42.5 Å². The Balaban J connectivity index is 1.74. The van der Waals surface area contributed by atoms with Crippen molar-refractivity contribution in [2.24, 2.45) is 0 Å². The standard InChI is InChI=1S/C24H20N2O/c27-24-22(12-18-6-4-10-25-16-18)14-21(20-8-2-1-3-9-20)15-23(24)13-19-7-5-11-26-17-19/h1-13,16-17,21H,14-15H2/b22-12-,23-13+. The van der Waals surface area contributed by atoms with Crippen LogP contribution >= 0.6 is 0 Å². The van der Waals surface area contributed by atoms with Crippen LogP contribution in [0.25, 0.3) is 12.2 Å². The van der Waals surface area contributed by atoms with Crippen LogP contribution in [0.5, 0.6) is 0 Å². The molecular formula is C24H20N2O. The molecule has 2 aromatic heterocycles. The van der Waals surface area contributed by atoms with Crippen LogP contribution in [0.15, 0.2) is 90.5 Å². The third kappa shape index (κ3) is 4.09. The summed E-state index contributed by atoms with van der Waals surface area (Å²) in [6, 6.07) is 18.2. The van der Waals surface area contributed by atoms with E-state index in [9.17, 15) is 4.79 Å². The summed E-state index contributed by atoms with van der Waals surface area (Å²) in [7, 11) is 0. The summed E-state index contributed by atoms with van der Waals surface area (Å²) in [6.45, 7) is 0. The monoisotopic (exact) mass is 352 g/mol. The van der Waals surface area contributed by atoms with Crippen LogP contribution in [0.4, 0.5) is 0 Å². The van der Waals surface area contributed by atoms with Gasteiger partial charge in [0.25, 0.3) is 0 Å². The van der Waals surface area contributed by atoms with Gasteiger partial charge in [0.15, 0.2) is 5.78 Å². The number of nitrogens with zero attached hydrogens (tertiary/aromatic N) is 2. The Labute approximate surface area is 159 Å². The van der Waals surface area contributed by atoms with Gasteiger partial charge in [0.05, 0.1) is 0 Å². The molecule has 0 bridgehead atoms. The highest BCUT2D eigenvalue weighted by atomic mass is 16.1. The molecule has 3 nitrogen and oxygen atoms in total. The largest absolute Gasteiger partial charge is 0.289 e. The van der Waals surface area contributed by atoms with Crippen molar-refractivity contribution in [3.8, 4) is 0 Å². The first kappa shape index (κ1) is 17.1. The van der Waals surface area contributed by atoms with Crippen molar-refractivity contribution in [1.29, 1.82) is 0 Å². The molecule has 27 heavy (non-hydrogen) atoms. The number of hydrogen-bond donors (Lipinski definition) is 0. The molecule has 0 aliphatic heterocycles. The van der Waals surface area contributed by atoms with Gasteiger partial charge >= 0.3 is 0 Å². The molecule has 132 valence electrons. The summed E-state index contributed by atoms with van der Waals surface area (Å²) in [4.78, 5) is 21.5. The zero-order valence-electron chi connectivity index (χ0n) is 15.0. The van der Waals surface area contributed by atoms with Gasteiger partial charge in [-0.1, -0.05) is 42.5 Å². The molecule has 1 aromatic carbocycles. The maximum Gasteiger partial charge on any atom is 0.185 e. The molecule has 0 amide bonds. The van der Waals surface area contributed by atoms with E-state index in [-0.39, 0.29) is 11.7 Å². The van der Waals surface area contributed by atoms with Crippen molar-refractivity contribution in [3.63, 3.8) is 0 Å². The minimum Gasteiger partial charge on any atom is -0.289 e. The fraction of sp³-hybridized carbons (Fsp3) is 0.125. The van der Waals surface area contributed by atoms with Gasteiger partial charge in [-0.25, -0.2) is 0 Å². The van der Waals surface area contributed by atoms with E-state index in [2.05, 4.69) is 34.2 Å². The quantitative estimate of drug-likeness (QED) is 0.617. The van der Waals surface area contributed by atoms with E-state index in [0.29, 0.717) is 0 Å². The van der Waals surface area contributed by atoms with E-state index >= 15 is 0 Å². The summed E-state index contributed by atoms with van der Waals surface area (Å²) in [5, 5.41) is 0. The zero-order chi connectivity index (χ0) is 18.5. The Morgan fingerprint density at radius 1 is 0.741 bits per heavy atom. The molecule has 1 aliphatic rings. The molecule has 2 heterocycles. The van der Waals surface area contributed by atoms with E-state index in [1.165, 1.54) is 5.56 Å². The van der Waals surface area contributed by atoms with Crippen LogP contribution in [0.1, 0.15) is 35.4 Å². The molecular weight excluding hydrogens is 332 g/mol. The summed E-state index contributed by atoms with van der Waals surface area (Å²) in [6.07, 6.45) is 12.5. The molecule has 3 heteroatoms. The molecule has 1 unspecified atom stereocenters. The van der Waals surface area contributed by atoms with Crippen LogP contribution in [0, 0.1) is 0 Å². The number of hydrogen-bond acceptors (Lipinski definition) is 3. The normalized spacial score (nSPS) is 20.1. The van der Waals surface area contributed by atoms with Crippen LogP contribution in [0.3, 0.4) is 0 Å². The molecule has 1 saturated carbocycles. The van der Waals surface area contributed by atoms with Crippen molar-refractivity contribution in [1.82, 2.24) is 9.97 Å². The van der Waals surface area contributed by atoms with Crippen LogP contribution in [0.2, 0.25) is 0 Å². The molecule has 3 aromatic rings. The fourth-order valence-corrected chi connectivity index (χ4v) is 3.53. The number of pyridine rings is 2. The first-order chi connectivity index (χ1) is 13.3. The molecule has 0 N–H and O–H groups in total. The Morgan fingerprint density at radius 2 is 1.30 bits per heavy atom. The summed E-state index contributed by atoms with van der Waals surface area (Å²) >= 11 is 0. The topological polar surface area (TPSA) is 42.9 Å². The van der Waals surface area contributed by atoms with Crippen molar-refractivity contribution in [2.75, 3.05) is 0 Å². The van der Waals surface area contributed by atoms with E-state index < -0.39 is 0 Å². The first-order valence-electron chi connectivity index (χ1n) is 9.10. The minimum atomic E-state index is 0.120. The van der Waals surface area contributed by atoms with Gasteiger partial charge in [-0.2, -0.15) is 0 Å². The van der Waals surface area contributed by atoms with Gasteiger partial charge in [-0.05, 0) is 59.7 Å². The van der Waals surface area contributed by atoms with Crippen molar-refractivity contribution >= 4 is 17.9 Å². The Hall–Kier alpha value is -3.33. The highest BCUT2D eigenvalue weighted by molar-refractivity contribution is 6.14. The average molecular weight is 352 g/mol. The van der Waals surface area contributed by atoms with Crippen LogP contribution < -0.4 is 0 Å². The van der Waals surface area contributed by atoms with Gasteiger partial charge in [0.2, 0.25) is 0 Å². The highest BCUT2D eigenvalue weighted by Crippen LogP contribution is 2.38. The van der Waals surface area contributed by atoms with Gasteiger partial charge < -0.3 is 0 Å². The number of Topliss-reactive ketones (excluding diaryl/α,β-unsaturated/α-hetero) is 1. The molecule has 1 aliphatic carbocycles. The third-order valence-electron chi connectivity index (χ3n) is 4.84. The SMILES string of the molecule is O=C1/C(=C\c2cccnc2)CC(c2ccccc2)C/C1=C\c1cccnc1. The summed E-state index contributed by atoms with van der Waals surface area (Å²) in [5.74, 6) is 0.407. The Morgan fingerprint density at radius 3 is 1.78 bits per heavy atom. The number of carbonyl (C=O) groups is 1. The van der Waals surface area contributed by atoms with E-state index in [1.54, 1.807) is 24.8 Å². The van der Waals surface area contributed by atoms with Crippen molar-refractivity contribution in [2.45, 2.75) is 18.8 Å². The second kappa shape index (κ2) is 7.92. The average Bonchev–Trinajstić information content (AvgIpc) is 2.73. The van der Waals surface area contributed by atoms with Gasteiger partial charge in [-0.3, -0.25) is 14.8 Å². The predicted molar refractivity (Wildman–Crippen MR) is 108 cm³/mol. The molecule has 1 fully saturated rings. The van der Waals surface area contributed by atoms with E-state index in [0.717, 1.165) is 35.1 Å². The minimum absolute atomic E-state index is 0.120. The number of carbonyl (C=O) groups excluding carboxylic acids is 1. The van der Waals surface area contributed by atoms with Crippen LogP contribution in [-0.4, -0.2) is 15.8 Å². The molecule has 1 atom stereocenters. The van der Waals surface area contributed by atoms with Crippen molar-refractivity contribution < 1.29 is 4.79 Å². The Bertz CT molecular complexity index is 915. The molecule has 0 spiro atoms. The second-order valence-electron chi connectivity index (χ2n) is 6.76. The maximum atomic E-state index is 13.1. The first-order valence-corrected chi connectivity index (χ1v) is 9.10. The zero-order valence-corrected chi connectivity index (χ0v) is 15.0. The van der Waals surface area contributed by atoms with Gasteiger partial charge in [0, 0.05) is 35.9 Å². The third-order valence-corrected chi connectivity index (χ3v) is 4.84. The number of rotatable bonds is 3. The lowest BCUT2D eigenvalue weighted by molar-refractivity contribution is -0.113. The summed E-state index contributed by atoms with van der Waals surface area (Å²) < 4.78 is 0. The second-order valence-corrected chi connectivity index (χ2v) is 6.76. The van der Waals surface area contributed by atoms with Gasteiger partial charge in [0.1, 0.15) is 0 Å². The molecule has 0 saturated heterocycles. The van der Waals surface area contributed by atoms with Gasteiger partial charge in [-0.15, -0.1) is 0 Å². The number of ketones is 1. The lowest BCUT2D eigenvalue weighted by Crippen LogP contribution is -2.19. The fourth-order valence-electron chi connectivity index (χ4n) is 3.53. The lowest BCUT2D eigenvalue weighted by Gasteiger charge is -2.26. The Kier molecular flexibility index (Phi) is 5.01. The van der Waals surface area contributed by atoms with E-state index in [4.69, 9.17) is 0 Å².